The Morgan fingerprint density at radius 1 is 1.35 bits per heavy atom. The highest BCUT2D eigenvalue weighted by molar-refractivity contribution is 5.23. The molecule has 1 heterocycles. The van der Waals surface area contributed by atoms with Crippen LogP contribution in [0.3, 0.4) is 0 Å². The fourth-order valence-electron chi connectivity index (χ4n) is 3.02. The first kappa shape index (κ1) is 15.5. The first-order chi connectivity index (χ1) is 9.58. The van der Waals surface area contributed by atoms with Crippen molar-refractivity contribution in [3.8, 4) is 0 Å². The molecule has 0 radical (unpaired) electrons. The summed E-state index contributed by atoms with van der Waals surface area (Å²) in [5.41, 5.74) is 1.91. The standard InChI is InChI=1S/C17H26FNO/c1-4-17(5-2)11-15(8-9-20-17)19-12-14-6-7-16(18)13(3)10-14/h6-7,10,15,19H,4-5,8-9,11-12H2,1-3H3. The van der Waals surface area contributed by atoms with Crippen molar-refractivity contribution in [1.29, 1.82) is 0 Å². The minimum absolute atomic E-state index is 0.0502. The fourth-order valence-corrected chi connectivity index (χ4v) is 3.02. The number of aryl methyl sites for hydroxylation is 1. The second-order valence-corrected chi connectivity index (χ2v) is 5.89. The molecule has 1 fully saturated rings. The lowest BCUT2D eigenvalue weighted by atomic mass is 9.86. The third-order valence-corrected chi connectivity index (χ3v) is 4.60. The molecule has 0 aliphatic carbocycles. The quantitative estimate of drug-likeness (QED) is 0.881. The molecule has 3 heteroatoms. The molecule has 20 heavy (non-hydrogen) atoms. The lowest BCUT2D eigenvalue weighted by Crippen LogP contribution is -2.46. The molecule has 1 aromatic rings. The Morgan fingerprint density at radius 2 is 2.10 bits per heavy atom. The van der Waals surface area contributed by atoms with E-state index in [4.69, 9.17) is 4.74 Å². The van der Waals surface area contributed by atoms with Gasteiger partial charge in [0.1, 0.15) is 5.82 Å². The third-order valence-electron chi connectivity index (χ3n) is 4.60. The molecule has 112 valence electrons. The summed E-state index contributed by atoms with van der Waals surface area (Å²) in [6, 6.07) is 5.84. The Morgan fingerprint density at radius 3 is 2.75 bits per heavy atom. The van der Waals surface area contributed by atoms with Crippen LogP contribution in [0.5, 0.6) is 0 Å². The van der Waals surface area contributed by atoms with Crippen LogP contribution in [0.15, 0.2) is 18.2 Å². The Bertz CT molecular complexity index is 443. The average molecular weight is 279 g/mol. The summed E-state index contributed by atoms with van der Waals surface area (Å²) >= 11 is 0. The van der Waals surface area contributed by atoms with Crippen LogP contribution in [0.25, 0.3) is 0 Å². The summed E-state index contributed by atoms with van der Waals surface area (Å²) in [6.07, 6.45) is 4.26. The topological polar surface area (TPSA) is 21.3 Å². The van der Waals surface area contributed by atoms with E-state index in [1.54, 1.807) is 6.07 Å². The van der Waals surface area contributed by atoms with E-state index >= 15 is 0 Å². The van der Waals surface area contributed by atoms with E-state index in [2.05, 4.69) is 19.2 Å². The second-order valence-electron chi connectivity index (χ2n) is 5.89. The van der Waals surface area contributed by atoms with Gasteiger partial charge in [-0.05, 0) is 49.8 Å². The molecule has 1 aromatic carbocycles. The monoisotopic (exact) mass is 279 g/mol. The van der Waals surface area contributed by atoms with Crippen molar-refractivity contribution in [1.82, 2.24) is 5.32 Å². The van der Waals surface area contributed by atoms with Gasteiger partial charge in [0.15, 0.2) is 0 Å². The Kier molecular flexibility index (Phi) is 5.17. The largest absolute Gasteiger partial charge is 0.375 e. The van der Waals surface area contributed by atoms with E-state index in [-0.39, 0.29) is 11.4 Å². The summed E-state index contributed by atoms with van der Waals surface area (Å²) in [4.78, 5) is 0. The highest BCUT2D eigenvalue weighted by atomic mass is 19.1. The number of nitrogens with one attached hydrogen (secondary N) is 1. The van der Waals surface area contributed by atoms with Crippen molar-refractivity contribution in [2.45, 2.75) is 64.6 Å². The minimum atomic E-state index is -0.129. The van der Waals surface area contributed by atoms with Crippen molar-refractivity contribution in [3.63, 3.8) is 0 Å². The summed E-state index contributed by atoms with van der Waals surface area (Å²) in [6.45, 7) is 7.86. The van der Waals surface area contributed by atoms with Crippen molar-refractivity contribution in [2.75, 3.05) is 6.61 Å². The average Bonchev–Trinajstić information content (AvgIpc) is 2.48. The van der Waals surface area contributed by atoms with E-state index in [9.17, 15) is 4.39 Å². The number of benzene rings is 1. The summed E-state index contributed by atoms with van der Waals surface area (Å²) in [5.74, 6) is -0.129. The molecule has 0 bridgehead atoms. The van der Waals surface area contributed by atoms with Crippen molar-refractivity contribution < 1.29 is 9.13 Å². The van der Waals surface area contributed by atoms with Crippen LogP contribution >= 0.6 is 0 Å². The van der Waals surface area contributed by atoms with Crippen molar-refractivity contribution in [2.24, 2.45) is 0 Å². The van der Waals surface area contributed by atoms with Crippen LogP contribution in [0.4, 0.5) is 4.39 Å². The van der Waals surface area contributed by atoms with Gasteiger partial charge in [0.25, 0.3) is 0 Å². The van der Waals surface area contributed by atoms with E-state index in [1.807, 2.05) is 19.1 Å². The Balaban J connectivity index is 1.91. The zero-order chi connectivity index (χ0) is 14.6. The van der Waals surface area contributed by atoms with Crippen LogP contribution in [0, 0.1) is 12.7 Å². The van der Waals surface area contributed by atoms with Gasteiger partial charge in [0.2, 0.25) is 0 Å². The smallest absolute Gasteiger partial charge is 0.126 e. The molecule has 1 unspecified atom stereocenters. The molecule has 1 atom stereocenters. The van der Waals surface area contributed by atoms with E-state index in [0.29, 0.717) is 11.6 Å². The maximum atomic E-state index is 13.2. The Hall–Kier alpha value is -0.930. The summed E-state index contributed by atoms with van der Waals surface area (Å²) in [5, 5.41) is 3.61. The number of hydrogen-bond donors (Lipinski definition) is 1. The zero-order valence-corrected chi connectivity index (χ0v) is 12.8. The molecule has 2 nitrogen and oxygen atoms in total. The number of rotatable bonds is 5. The summed E-state index contributed by atoms with van der Waals surface area (Å²) in [7, 11) is 0. The predicted octanol–water partition coefficient (Wildman–Crippen LogP) is 3.96. The Labute approximate surface area is 121 Å². The first-order valence-electron chi connectivity index (χ1n) is 7.71. The van der Waals surface area contributed by atoms with Gasteiger partial charge in [-0.2, -0.15) is 0 Å². The predicted molar refractivity (Wildman–Crippen MR) is 80.3 cm³/mol. The normalized spacial score (nSPS) is 21.9. The van der Waals surface area contributed by atoms with Gasteiger partial charge >= 0.3 is 0 Å². The van der Waals surface area contributed by atoms with Gasteiger partial charge in [0, 0.05) is 19.2 Å². The zero-order valence-electron chi connectivity index (χ0n) is 12.8. The lowest BCUT2D eigenvalue weighted by molar-refractivity contribution is -0.0932. The summed E-state index contributed by atoms with van der Waals surface area (Å²) < 4.78 is 19.2. The number of hydrogen-bond acceptors (Lipinski definition) is 2. The van der Waals surface area contributed by atoms with Crippen LogP contribution in [0.2, 0.25) is 0 Å². The van der Waals surface area contributed by atoms with Gasteiger partial charge in [-0.15, -0.1) is 0 Å². The molecular formula is C17H26FNO. The molecule has 1 saturated heterocycles. The first-order valence-corrected chi connectivity index (χ1v) is 7.71. The number of ether oxygens (including phenoxy) is 1. The van der Waals surface area contributed by atoms with Crippen molar-refractivity contribution >= 4 is 0 Å². The third kappa shape index (κ3) is 3.58. The molecular weight excluding hydrogens is 253 g/mol. The van der Waals surface area contributed by atoms with E-state index in [1.165, 1.54) is 0 Å². The van der Waals surface area contributed by atoms with Crippen LogP contribution in [-0.2, 0) is 11.3 Å². The minimum Gasteiger partial charge on any atom is -0.375 e. The van der Waals surface area contributed by atoms with Gasteiger partial charge < -0.3 is 10.1 Å². The van der Waals surface area contributed by atoms with Gasteiger partial charge in [-0.1, -0.05) is 26.0 Å². The maximum absolute atomic E-state index is 13.2. The molecule has 0 spiro atoms. The fraction of sp³-hybridized carbons (Fsp3) is 0.647. The second kappa shape index (κ2) is 6.68. The molecule has 2 rings (SSSR count). The molecule has 1 N–H and O–H groups in total. The van der Waals surface area contributed by atoms with Crippen LogP contribution in [-0.4, -0.2) is 18.2 Å². The molecule has 1 aliphatic rings. The van der Waals surface area contributed by atoms with Crippen molar-refractivity contribution in [3.05, 3.63) is 35.1 Å². The highest BCUT2D eigenvalue weighted by Crippen LogP contribution is 2.31. The molecule has 0 aromatic heterocycles. The van der Waals surface area contributed by atoms with Gasteiger partial charge in [0.05, 0.1) is 5.60 Å². The number of halogens is 1. The van der Waals surface area contributed by atoms with E-state index < -0.39 is 0 Å². The molecule has 0 amide bonds. The van der Waals surface area contributed by atoms with Gasteiger partial charge in [-0.25, -0.2) is 4.39 Å². The SMILES string of the molecule is CCC1(CC)CC(NCc2ccc(F)c(C)c2)CCO1. The van der Waals surface area contributed by atoms with Crippen LogP contribution < -0.4 is 5.32 Å². The lowest BCUT2D eigenvalue weighted by Gasteiger charge is -2.40. The van der Waals surface area contributed by atoms with Gasteiger partial charge in [-0.3, -0.25) is 0 Å². The highest BCUT2D eigenvalue weighted by Gasteiger charge is 2.34. The molecule has 1 aliphatic heterocycles. The maximum Gasteiger partial charge on any atom is 0.126 e. The van der Waals surface area contributed by atoms with E-state index in [0.717, 1.165) is 44.4 Å². The van der Waals surface area contributed by atoms with Crippen LogP contribution in [0.1, 0.15) is 50.7 Å². The molecule has 0 saturated carbocycles.